The Balaban J connectivity index is 2.43. The number of halogens is 1. The molecule has 0 amide bonds. The molecule has 13 heavy (non-hydrogen) atoms. The Hall–Kier alpha value is -0.910. The summed E-state index contributed by atoms with van der Waals surface area (Å²) in [5.74, 6) is 0. The van der Waals surface area contributed by atoms with E-state index in [-0.39, 0.29) is 6.61 Å². The maximum Gasteiger partial charge on any atom is 0.196 e. The normalized spacial score (nSPS) is 10.6. The van der Waals surface area contributed by atoms with Gasteiger partial charge in [-0.15, -0.1) is 0 Å². The summed E-state index contributed by atoms with van der Waals surface area (Å²) in [6, 6.07) is 0. The Labute approximate surface area is 83.4 Å². The molecule has 0 aliphatic heterocycles. The monoisotopic (exact) mass is 215 g/mol. The number of imidazole rings is 1. The molecule has 2 aromatic rings. The molecule has 2 aromatic heterocycles. The van der Waals surface area contributed by atoms with Gasteiger partial charge in [0.05, 0.1) is 11.5 Å². The van der Waals surface area contributed by atoms with E-state index in [0.717, 1.165) is 0 Å². The zero-order valence-corrected chi connectivity index (χ0v) is 8.09. The molecule has 0 saturated carbocycles. The largest absolute Gasteiger partial charge is 0.391 e. The van der Waals surface area contributed by atoms with Crippen molar-refractivity contribution in [1.29, 1.82) is 0 Å². The summed E-state index contributed by atoms with van der Waals surface area (Å²) in [5, 5.41) is 9.96. The summed E-state index contributed by atoms with van der Waals surface area (Å²) >= 11 is 7.11. The van der Waals surface area contributed by atoms with Crippen LogP contribution in [0.5, 0.6) is 0 Å². The quantitative estimate of drug-likeness (QED) is 0.826. The van der Waals surface area contributed by atoms with Crippen molar-refractivity contribution in [3.63, 3.8) is 0 Å². The summed E-state index contributed by atoms with van der Waals surface area (Å²) in [7, 11) is 0. The zero-order valence-electron chi connectivity index (χ0n) is 6.51. The first-order valence-corrected chi connectivity index (χ1v) is 4.75. The molecule has 1 N–H and O–H groups in total. The molecule has 0 atom stereocenters. The van der Waals surface area contributed by atoms with Crippen LogP contribution in [0.4, 0.5) is 0 Å². The molecule has 2 heterocycles. The van der Waals surface area contributed by atoms with Crippen LogP contribution in [0, 0.1) is 0 Å². The fourth-order valence-electron chi connectivity index (χ4n) is 0.902. The average Bonchev–Trinajstić information content (AvgIpc) is 2.71. The first-order valence-electron chi connectivity index (χ1n) is 3.55. The minimum absolute atomic E-state index is 0.0782. The van der Waals surface area contributed by atoms with Gasteiger partial charge in [0.15, 0.2) is 5.13 Å². The number of aliphatic hydroxyl groups excluding tert-OH is 1. The van der Waals surface area contributed by atoms with Crippen LogP contribution < -0.4 is 0 Å². The van der Waals surface area contributed by atoms with Gasteiger partial charge in [-0.05, 0) is 0 Å². The third-order valence-electron chi connectivity index (χ3n) is 1.51. The highest BCUT2D eigenvalue weighted by molar-refractivity contribution is 7.14. The van der Waals surface area contributed by atoms with Crippen LogP contribution in [-0.2, 0) is 6.61 Å². The van der Waals surface area contributed by atoms with Crippen LogP contribution in [0.1, 0.15) is 4.88 Å². The summed E-state index contributed by atoms with van der Waals surface area (Å²) in [6.07, 6.45) is 5.07. The first kappa shape index (κ1) is 8.68. The molecule has 0 aliphatic rings. The van der Waals surface area contributed by atoms with Gasteiger partial charge >= 0.3 is 0 Å². The fourth-order valence-corrected chi connectivity index (χ4v) is 1.97. The van der Waals surface area contributed by atoms with Crippen molar-refractivity contribution in [2.75, 3.05) is 0 Å². The summed E-state index contributed by atoms with van der Waals surface area (Å²) < 4.78 is 1.75. The lowest BCUT2D eigenvalue weighted by Gasteiger charge is -1.91. The number of thiazole rings is 1. The number of aliphatic hydroxyl groups is 1. The van der Waals surface area contributed by atoms with E-state index in [1.807, 2.05) is 0 Å². The SMILES string of the molecule is OCc1sc(-n2ccnc2)nc1Cl. The van der Waals surface area contributed by atoms with Gasteiger partial charge in [0.25, 0.3) is 0 Å². The minimum Gasteiger partial charge on any atom is -0.391 e. The topological polar surface area (TPSA) is 50.9 Å². The standard InChI is InChI=1S/C7H6ClN3OS/c8-6-5(3-12)13-7(10-6)11-2-1-9-4-11/h1-2,4,12H,3H2. The van der Waals surface area contributed by atoms with Gasteiger partial charge in [-0.25, -0.2) is 9.97 Å². The van der Waals surface area contributed by atoms with Crippen molar-refractivity contribution < 1.29 is 5.11 Å². The van der Waals surface area contributed by atoms with Crippen LogP contribution in [0.3, 0.4) is 0 Å². The van der Waals surface area contributed by atoms with Crippen LogP contribution in [0.2, 0.25) is 5.15 Å². The maximum absolute atomic E-state index is 8.89. The summed E-state index contributed by atoms with van der Waals surface area (Å²) in [5.41, 5.74) is 0. The lowest BCUT2D eigenvalue weighted by Crippen LogP contribution is -1.86. The predicted molar refractivity (Wildman–Crippen MR) is 50.2 cm³/mol. The van der Waals surface area contributed by atoms with Gasteiger partial charge < -0.3 is 5.11 Å². The smallest absolute Gasteiger partial charge is 0.196 e. The van der Waals surface area contributed by atoms with Crippen molar-refractivity contribution in [2.24, 2.45) is 0 Å². The van der Waals surface area contributed by atoms with Gasteiger partial charge in [-0.1, -0.05) is 22.9 Å². The Morgan fingerprint density at radius 2 is 2.46 bits per heavy atom. The van der Waals surface area contributed by atoms with Crippen molar-refractivity contribution in [1.82, 2.24) is 14.5 Å². The summed E-state index contributed by atoms with van der Waals surface area (Å²) in [4.78, 5) is 8.63. The maximum atomic E-state index is 8.89. The number of rotatable bonds is 2. The Kier molecular flexibility index (Phi) is 2.30. The molecule has 0 aromatic carbocycles. The number of hydrogen-bond acceptors (Lipinski definition) is 4. The Morgan fingerprint density at radius 1 is 1.62 bits per heavy atom. The molecule has 0 spiro atoms. The Bertz CT molecular complexity index is 398. The van der Waals surface area contributed by atoms with Gasteiger partial charge in [0, 0.05) is 12.4 Å². The van der Waals surface area contributed by atoms with E-state index in [9.17, 15) is 0 Å². The molecule has 0 bridgehead atoms. The first-order chi connectivity index (χ1) is 6.31. The van der Waals surface area contributed by atoms with Crippen LogP contribution >= 0.6 is 22.9 Å². The van der Waals surface area contributed by atoms with Crippen molar-refractivity contribution >= 4 is 22.9 Å². The second kappa shape index (κ2) is 3.45. The van der Waals surface area contributed by atoms with Crippen molar-refractivity contribution in [2.45, 2.75) is 6.61 Å². The molecular formula is C7H6ClN3OS. The van der Waals surface area contributed by atoms with Crippen LogP contribution in [-0.4, -0.2) is 19.6 Å². The average molecular weight is 216 g/mol. The van der Waals surface area contributed by atoms with E-state index in [1.54, 1.807) is 23.3 Å². The van der Waals surface area contributed by atoms with Crippen molar-refractivity contribution in [3.05, 3.63) is 28.8 Å². The summed E-state index contributed by atoms with van der Waals surface area (Å²) in [6.45, 7) is -0.0782. The molecule has 68 valence electrons. The molecule has 4 nitrogen and oxygen atoms in total. The zero-order chi connectivity index (χ0) is 9.26. The lowest BCUT2D eigenvalue weighted by molar-refractivity contribution is 0.285. The highest BCUT2D eigenvalue weighted by Gasteiger charge is 2.08. The van der Waals surface area contributed by atoms with Gasteiger partial charge in [0.1, 0.15) is 11.5 Å². The van der Waals surface area contributed by atoms with Gasteiger partial charge in [-0.3, -0.25) is 4.57 Å². The van der Waals surface area contributed by atoms with E-state index in [2.05, 4.69) is 9.97 Å². The minimum atomic E-state index is -0.0782. The van der Waals surface area contributed by atoms with Gasteiger partial charge in [0.2, 0.25) is 0 Å². The highest BCUT2D eigenvalue weighted by Crippen LogP contribution is 2.25. The molecule has 0 saturated heterocycles. The molecule has 0 aliphatic carbocycles. The molecule has 0 fully saturated rings. The third kappa shape index (κ3) is 1.58. The number of aromatic nitrogens is 3. The second-order valence-electron chi connectivity index (χ2n) is 2.34. The number of hydrogen-bond donors (Lipinski definition) is 1. The lowest BCUT2D eigenvalue weighted by atomic mass is 10.6. The van der Waals surface area contributed by atoms with E-state index in [4.69, 9.17) is 16.7 Å². The molecule has 0 radical (unpaired) electrons. The molecular weight excluding hydrogens is 210 g/mol. The van der Waals surface area contributed by atoms with Crippen LogP contribution in [0.25, 0.3) is 5.13 Å². The van der Waals surface area contributed by atoms with Crippen molar-refractivity contribution in [3.8, 4) is 5.13 Å². The highest BCUT2D eigenvalue weighted by atomic mass is 35.5. The fraction of sp³-hybridized carbons (Fsp3) is 0.143. The van der Waals surface area contributed by atoms with E-state index < -0.39 is 0 Å². The van der Waals surface area contributed by atoms with Gasteiger partial charge in [-0.2, -0.15) is 0 Å². The molecule has 2 rings (SSSR count). The van der Waals surface area contributed by atoms with E-state index >= 15 is 0 Å². The Morgan fingerprint density at radius 3 is 3.00 bits per heavy atom. The number of nitrogens with zero attached hydrogens (tertiary/aromatic N) is 3. The molecule has 6 heteroatoms. The van der Waals surface area contributed by atoms with E-state index in [1.165, 1.54) is 11.3 Å². The second-order valence-corrected chi connectivity index (χ2v) is 3.76. The predicted octanol–water partition coefficient (Wildman–Crippen LogP) is 1.47. The third-order valence-corrected chi connectivity index (χ3v) is 2.99. The van der Waals surface area contributed by atoms with Crippen LogP contribution in [0.15, 0.2) is 18.7 Å². The van der Waals surface area contributed by atoms with E-state index in [0.29, 0.717) is 15.2 Å². The molecule has 0 unspecified atom stereocenters.